The third kappa shape index (κ3) is 3.43. The lowest BCUT2D eigenvalue weighted by atomic mass is 9.99. The molecule has 124 valence electrons. The van der Waals surface area contributed by atoms with E-state index in [4.69, 9.17) is 9.15 Å². The van der Waals surface area contributed by atoms with E-state index in [1.54, 1.807) is 13.2 Å². The van der Waals surface area contributed by atoms with E-state index in [9.17, 15) is 5.26 Å². The van der Waals surface area contributed by atoms with E-state index in [1.807, 2.05) is 30.3 Å². The summed E-state index contributed by atoms with van der Waals surface area (Å²) in [4.78, 5) is 6.41. The van der Waals surface area contributed by atoms with Gasteiger partial charge in [-0.3, -0.25) is 0 Å². The number of para-hydroxylation sites is 1. The minimum atomic E-state index is 0.351. The Morgan fingerprint density at radius 3 is 2.75 bits per heavy atom. The van der Waals surface area contributed by atoms with Gasteiger partial charge < -0.3 is 14.1 Å². The van der Waals surface area contributed by atoms with E-state index in [-0.39, 0.29) is 0 Å². The molecule has 0 unspecified atom stereocenters. The second kappa shape index (κ2) is 7.22. The highest BCUT2D eigenvalue weighted by molar-refractivity contribution is 5.70. The van der Waals surface area contributed by atoms with Crippen molar-refractivity contribution >= 4 is 18.0 Å². The second-order valence-electron chi connectivity index (χ2n) is 6.06. The molecule has 0 aliphatic carbocycles. The summed E-state index contributed by atoms with van der Waals surface area (Å²) < 4.78 is 11.2. The molecule has 3 rings (SSSR count). The van der Waals surface area contributed by atoms with Crippen LogP contribution >= 0.6 is 0 Å². The first-order chi connectivity index (χ1) is 11.7. The third-order valence-electron chi connectivity index (χ3n) is 4.35. The average Bonchev–Trinajstić information content (AvgIpc) is 3.04. The van der Waals surface area contributed by atoms with Gasteiger partial charge in [0, 0.05) is 24.7 Å². The van der Waals surface area contributed by atoms with Gasteiger partial charge in [0.2, 0.25) is 17.5 Å². The molecule has 0 radical (unpaired) electrons. The predicted molar refractivity (Wildman–Crippen MR) is 93.8 cm³/mol. The van der Waals surface area contributed by atoms with Crippen molar-refractivity contribution in [2.45, 2.75) is 19.8 Å². The van der Waals surface area contributed by atoms with Crippen molar-refractivity contribution in [3.05, 3.63) is 41.4 Å². The van der Waals surface area contributed by atoms with Crippen molar-refractivity contribution < 1.29 is 9.15 Å². The van der Waals surface area contributed by atoms with Crippen LogP contribution in [-0.2, 0) is 0 Å². The number of ether oxygens (including phenoxy) is 1. The van der Waals surface area contributed by atoms with E-state index in [0.29, 0.717) is 17.5 Å². The second-order valence-corrected chi connectivity index (χ2v) is 6.06. The number of methoxy groups -OCH3 is 1. The third-order valence-corrected chi connectivity index (χ3v) is 4.35. The van der Waals surface area contributed by atoms with Crippen LogP contribution in [0, 0.1) is 17.2 Å². The molecule has 1 aromatic heterocycles. The maximum atomic E-state index is 9.34. The molecule has 0 atom stereocenters. The fourth-order valence-corrected chi connectivity index (χ4v) is 2.86. The van der Waals surface area contributed by atoms with Gasteiger partial charge in [0.1, 0.15) is 11.8 Å². The average molecular weight is 323 g/mol. The van der Waals surface area contributed by atoms with Crippen LogP contribution in [0.5, 0.6) is 5.75 Å². The zero-order valence-electron chi connectivity index (χ0n) is 14.0. The van der Waals surface area contributed by atoms with Gasteiger partial charge in [-0.05, 0) is 30.9 Å². The highest BCUT2D eigenvalue weighted by atomic mass is 16.5. The molecule has 1 saturated heterocycles. The molecule has 2 heterocycles. The molecule has 1 aromatic carbocycles. The normalized spacial score (nSPS) is 15.6. The van der Waals surface area contributed by atoms with Crippen molar-refractivity contribution in [2.24, 2.45) is 5.92 Å². The molecule has 0 N–H and O–H groups in total. The Morgan fingerprint density at radius 1 is 1.29 bits per heavy atom. The first-order valence-electron chi connectivity index (χ1n) is 8.18. The van der Waals surface area contributed by atoms with E-state index in [1.165, 1.54) is 0 Å². The Hall–Kier alpha value is -2.74. The summed E-state index contributed by atoms with van der Waals surface area (Å²) in [5, 5.41) is 9.34. The van der Waals surface area contributed by atoms with Gasteiger partial charge >= 0.3 is 0 Å². The van der Waals surface area contributed by atoms with Crippen LogP contribution in [-0.4, -0.2) is 25.2 Å². The molecule has 24 heavy (non-hydrogen) atoms. The standard InChI is InChI=1S/C19H21N3O2/c1-14-9-11-22(12-10-14)19-16(13-20)21-18(24-19)8-7-15-5-3-4-6-17(15)23-2/h3-8,14H,9-12H2,1-2H3/b8-7+. The summed E-state index contributed by atoms with van der Waals surface area (Å²) >= 11 is 0. The first kappa shape index (κ1) is 16.1. The zero-order chi connectivity index (χ0) is 16.9. The zero-order valence-corrected chi connectivity index (χ0v) is 14.0. The van der Waals surface area contributed by atoms with Gasteiger partial charge in [0.15, 0.2) is 0 Å². The lowest BCUT2D eigenvalue weighted by molar-refractivity contribution is 0.414. The lowest BCUT2D eigenvalue weighted by Gasteiger charge is -2.29. The van der Waals surface area contributed by atoms with Crippen LogP contribution in [0.15, 0.2) is 28.7 Å². The van der Waals surface area contributed by atoms with Gasteiger partial charge in [-0.2, -0.15) is 10.2 Å². The molecule has 0 spiro atoms. The molecule has 0 amide bonds. The molecule has 5 heteroatoms. The number of benzene rings is 1. The molecule has 1 aliphatic rings. The number of aromatic nitrogens is 1. The van der Waals surface area contributed by atoms with Crippen molar-refractivity contribution in [1.82, 2.24) is 4.98 Å². The fraction of sp³-hybridized carbons (Fsp3) is 0.368. The maximum absolute atomic E-state index is 9.34. The van der Waals surface area contributed by atoms with Gasteiger partial charge in [-0.15, -0.1) is 0 Å². The van der Waals surface area contributed by atoms with Crippen LogP contribution in [0.4, 0.5) is 5.88 Å². The Labute approximate surface area is 142 Å². The van der Waals surface area contributed by atoms with Crippen LogP contribution in [0.1, 0.15) is 36.9 Å². The summed E-state index contributed by atoms with van der Waals surface area (Å²) in [7, 11) is 1.64. The Kier molecular flexibility index (Phi) is 4.85. The molecule has 0 saturated carbocycles. The molecule has 0 bridgehead atoms. The minimum absolute atomic E-state index is 0.351. The quantitative estimate of drug-likeness (QED) is 0.852. The summed E-state index contributed by atoms with van der Waals surface area (Å²) in [5.41, 5.74) is 1.29. The van der Waals surface area contributed by atoms with E-state index < -0.39 is 0 Å². The number of nitriles is 1. The summed E-state index contributed by atoms with van der Waals surface area (Å²) in [5.74, 6) is 2.53. The van der Waals surface area contributed by atoms with Gasteiger partial charge in [-0.1, -0.05) is 25.1 Å². The number of hydrogen-bond donors (Lipinski definition) is 0. The fourth-order valence-electron chi connectivity index (χ4n) is 2.86. The van der Waals surface area contributed by atoms with E-state index in [0.717, 1.165) is 43.2 Å². The molecule has 2 aromatic rings. The Morgan fingerprint density at radius 2 is 2.04 bits per heavy atom. The van der Waals surface area contributed by atoms with Crippen molar-refractivity contribution in [2.75, 3.05) is 25.1 Å². The Balaban J connectivity index is 1.82. The van der Waals surface area contributed by atoms with Crippen LogP contribution in [0.25, 0.3) is 12.2 Å². The lowest BCUT2D eigenvalue weighted by Crippen LogP contribution is -2.32. The number of hydrogen-bond acceptors (Lipinski definition) is 5. The topological polar surface area (TPSA) is 62.3 Å². The van der Waals surface area contributed by atoms with Crippen molar-refractivity contribution in [3.63, 3.8) is 0 Å². The largest absolute Gasteiger partial charge is 0.496 e. The SMILES string of the molecule is COc1ccccc1/C=C/c1nc(C#N)c(N2CCC(C)CC2)o1. The van der Waals surface area contributed by atoms with Crippen molar-refractivity contribution in [3.8, 4) is 11.8 Å². The Bertz CT molecular complexity index is 765. The highest BCUT2D eigenvalue weighted by Crippen LogP contribution is 2.28. The number of rotatable bonds is 4. The van der Waals surface area contributed by atoms with Crippen molar-refractivity contribution in [1.29, 1.82) is 5.26 Å². The highest BCUT2D eigenvalue weighted by Gasteiger charge is 2.23. The van der Waals surface area contributed by atoms with Crippen LogP contribution < -0.4 is 9.64 Å². The van der Waals surface area contributed by atoms with Crippen LogP contribution in [0.3, 0.4) is 0 Å². The number of nitrogens with zero attached hydrogens (tertiary/aromatic N) is 3. The van der Waals surface area contributed by atoms with E-state index >= 15 is 0 Å². The molecule has 5 nitrogen and oxygen atoms in total. The monoisotopic (exact) mass is 323 g/mol. The summed E-state index contributed by atoms with van der Waals surface area (Å²) in [6.07, 6.45) is 5.87. The number of piperidine rings is 1. The predicted octanol–water partition coefficient (Wildman–Crippen LogP) is 3.96. The molecule has 1 aliphatic heterocycles. The summed E-state index contributed by atoms with van der Waals surface area (Å²) in [6.45, 7) is 4.06. The molecular formula is C19H21N3O2. The molecule has 1 fully saturated rings. The van der Waals surface area contributed by atoms with Gasteiger partial charge in [-0.25, -0.2) is 0 Å². The van der Waals surface area contributed by atoms with Crippen LogP contribution in [0.2, 0.25) is 0 Å². The van der Waals surface area contributed by atoms with Gasteiger partial charge in [0.05, 0.1) is 7.11 Å². The van der Waals surface area contributed by atoms with E-state index in [2.05, 4.69) is 22.9 Å². The number of anilines is 1. The minimum Gasteiger partial charge on any atom is -0.496 e. The summed E-state index contributed by atoms with van der Waals surface area (Å²) in [6, 6.07) is 9.86. The molecular weight excluding hydrogens is 302 g/mol. The first-order valence-corrected chi connectivity index (χ1v) is 8.18. The number of oxazole rings is 1. The van der Waals surface area contributed by atoms with Gasteiger partial charge in [0.25, 0.3) is 0 Å². The smallest absolute Gasteiger partial charge is 0.235 e. The maximum Gasteiger partial charge on any atom is 0.235 e.